The van der Waals surface area contributed by atoms with Crippen molar-refractivity contribution < 1.29 is 18.7 Å². The van der Waals surface area contributed by atoms with Gasteiger partial charge in [0.1, 0.15) is 0 Å². The third-order valence-electron chi connectivity index (χ3n) is 5.87. The first-order valence-corrected chi connectivity index (χ1v) is 11.8. The lowest BCUT2D eigenvalue weighted by Crippen LogP contribution is -2.49. The van der Waals surface area contributed by atoms with Crippen molar-refractivity contribution in [2.75, 3.05) is 37.9 Å². The minimum Gasteiger partial charge on any atom is -0.421 e. The summed E-state index contributed by atoms with van der Waals surface area (Å²) < 4.78 is 26.5. The number of ether oxygens (including phenoxy) is 2. The zero-order chi connectivity index (χ0) is 23.8. The number of hydrogen-bond donors (Lipinski definition) is 1. The number of carbonyl (C=O) groups is 1. The second-order valence-corrected chi connectivity index (χ2v) is 9.41. The van der Waals surface area contributed by atoms with E-state index in [1.54, 1.807) is 20.3 Å². The molecule has 0 radical (unpaired) electrons. The molecule has 3 heterocycles. The van der Waals surface area contributed by atoms with E-state index in [-0.39, 0.29) is 35.4 Å². The van der Waals surface area contributed by atoms with Crippen LogP contribution in [-0.2, 0) is 4.74 Å². The number of benzene rings is 1. The number of carbonyl (C=O) groups excluding carboxylic acids is 1. The summed E-state index contributed by atoms with van der Waals surface area (Å²) in [6.07, 6.45) is 4.77. The highest BCUT2D eigenvalue weighted by molar-refractivity contribution is 7.18. The number of aromatic nitrogens is 4. The van der Waals surface area contributed by atoms with Crippen molar-refractivity contribution in [1.82, 2.24) is 24.8 Å². The third kappa shape index (κ3) is 4.38. The number of nitrogens with two attached hydrogens (primary N) is 1. The molecule has 12 heteroatoms. The second-order valence-electron chi connectivity index (χ2n) is 8.35. The number of morpholine rings is 1. The van der Waals surface area contributed by atoms with E-state index in [1.165, 1.54) is 28.4 Å². The predicted molar refractivity (Wildman–Crippen MR) is 125 cm³/mol. The molecule has 0 spiro atoms. The monoisotopic (exact) mass is 485 g/mol. The Morgan fingerprint density at radius 2 is 2.15 bits per heavy atom. The van der Waals surface area contributed by atoms with Gasteiger partial charge in [0.05, 0.1) is 29.8 Å². The molecule has 2 fully saturated rings. The zero-order valence-electron chi connectivity index (χ0n) is 18.8. The fourth-order valence-electron chi connectivity index (χ4n) is 4.27. The third-order valence-corrected chi connectivity index (χ3v) is 6.69. The van der Waals surface area contributed by atoms with Gasteiger partial charge in [-0.05, 0) is 37.5 Å². The summed E-state index contributed by atoms with van der Waals surface area (Å²) in [5.41, 5.74) is 6.02. The van der Waals surface area contributed by atoms with Crippen LogP contribution in [0.5, 0.6) is 11.8 Å². The average molecular weight is 486 g/mol. The number of nitrogens with zero attached hydrogens (tertiary/aromatic N) is 6. The van der Waals surface area contributed by atoms with Crippen LogP contribution >= 0.6 is 11.3 Å². The maximum atomic E-state index is 14.8. The molecule has 178 valence electrons. The molecule has 2 atom stereocenters. The minimum atomic E-state index is -0.694. The maximum absolute atomic E-state index is 14.8. The number of amides is 1. The van der Waals surface area contributed by atoms with Crippen LogP contribution in [0.1, 0.15) is 29.6 Å². The molecule has 2 unspecified atom stereocenters. The van der Waals surface area contributed by atoms with Crippen LogP contribution in [-0.4, -0.2) is 70.1 Å². The number of fused-ring (bicyclic) bond motifs is 1. The molecule has 3 aromatic rings. The highest BCUT2D eigenvalue weighted by atomic mass is 32.1. The quantitative estimate of drug-likeness (QED) is 0.581. The number of nitrogen functional groups attached to an aromatic ring is 1. The highest BCUT2D eigenvalue weighted by Gasteiger charge is 2.38. The Hall–Kier alpha value is -3.38. The molecule has 2 aromatic heterocycles. The Bertz CT molecular complexity index is 1220. The molecule has 0 bridgehead atoms. The van der Waals surface area contributed by atoms with Crippen LogP contribution in [0.15, 0.2) is 24.4 Å². The normalized spacial score (nSPS) is 19.7. The Balaban J connectivity index is 1.50. The fraction of sp³-hybridized carbons (Fsp3) is 0.409. The molecule has 10 nitrogen and oxygen atoms in total. The zero-order valence-corrected chi connectivity index (χ0v) is 19.6. The highest BCUT2D eigenvalue weighted by Crippen LogP contribution is 2.34. The maximum Gasteiger partial charge on any atom is 0.327 e. The molecule has 2 N–H and O–H groups in total. The first kappa shape index (κ1) is 22.4. The van der Waals surface area contributed by atoms with Crippen LogP contribution < -0.4 is 15.4 Å². The summed E-state index contributed by atoms with van der Waals surface area (Å²) in [6, 6.07) is 4.13. The van der Waals surface area contributed by atoms with Gasteiger partial charge in [0.2, 0.25) is 5.95 Å². The van der Waals surface area contributed by atoms with Crippen LogP contribution in [0.4, 0.5) is 15.5 Å². The molecule has 1 aliphatic carbocycles. The van der Waals surface area contributed by atoms with E-state index >= 15 is 0 Å². The van der Waals surface area contributed by atoms with Crippen molar-refractivity contribution >= 4 is 28.3 Å². The van der Waals surface area contributed by atoms with Gasteiger partial charge in [-0.2, -0.15) is 15.0 Å². The lowest BCUT2D eigenvalue weighted by Gasteiger charge is -2.37. The van der Waals surface area contributed by atoms with Crippen LogP contribution in [0.2, 0.25) is 0 Å². The van der Waals surface area contributed by atoms with Crippen molar-refractivity contribution in [2.45, 2.75) is 31.4 Å². The largest absolute Gasteiger partial charge is 0.421 e. The van der Waals surface area contributed by atoms with E-state index in [9.17, 15) is 9.18 Å². The Kier molecular flexibility index (Phi) is 6.00. The van der Waals surface area contributed by atoms with Crippen molar-refractivity contribution in [3.8, 4) is 22.5 Å². The Morgan fingerprint density at radius 1 is 1.29 bits per heavy atom. The number of thiazole rings is 1. The van der Waals surface area contributed by atoms with Crippen LogP contribution in [0.25, 0.3) is 10.7 Å². The van der Waals surface area contributed by atoms with E-state index < -0.39 is 5.82 Å². The number of hydrogen-bond acceptors (Lipinski definition) is 10. The van der Waals surface area contributed by atoms with Gasteiger partial charge in [0.25, 0.3) is 5.91 Å². The van der Waals surface area contributed by atoms with E-state index in [2.05, 4.69) is 24.8 Å². The summed E-state index contributed by atoms with van der Waals surface area (Å²) in [5.74, 6) is -0.318. The summed E-state index contributed by atoms with van der Waals surface area (Å²) in [4.78, 5) is 33.9. The van der Waals surface area contributed by atoms with Gasteiger partial charge >= 0.3 is 6.01 Å². The smallest absolute Gasteiger partial charge is 0.327 e. The van der Waals surface area contributed by atoms with Crippen LogP contribution in [0, 0.1) is 5.82 Å². The van der Waals surface area contributed by atoms with Crippen molar-refractivity contribution in [3.05, 3.63) is 35.8 Å². The predicted octanol–water partition coefficient (Wildman–Crippen LogP) is 2.97. The van der Waals surface area contributed by atoms with Gasteiger partial charge in [-0.15, -0.1) is 0 Å². The van der Waals surface area contributed by atoms with Gasteiger partial charge in [-0.1, -0.05) is 11.3 Å². The number of rotatable bonds is 5. The van der Waals surface area contributed by atoms with Crippen LogP contribution in [0.3, 0.4) is 0 Å². The lowest BCUT2D eigenvalue weighted by atomic mass is 10.1. The van der Waals surface area contributed by atoms with Gasteiger partial charge in [-0.3, -0.25) is 4.79 Å². The van der Waals surface area contributed by atoms with E-state index in [0.29, 0.717) is 34.9 Å². The molecule has 5 rings (SSSR count). The Labute approximate surface area is 199 Å². The molecule has 1 aromatic carbocycles. The van der Waals surface area contributed by atoms with E-state index in [0.717, 1.165) is 25.3 Å². The summed E-state index contributed by atoms with van der Waals surface area (Å²) in [7, 11) is 3.20. The minimum absolute atomic E-state index is 0.0569. The molecular formula is C22H24FN7O3S. The van der Waals surface area contributed by atoms with Crippen molar-refractivity contribution in [2.24, 2.45) is 0 Å². The molecule has 2 aliphatic rings. The van der Waals surface area contributed by atoms with Crippen molar-refractivity contribution in [3.63, 3.8) is 0 Å². The van der Waals surface area contributed by atoms with Gasteiger partial charge in [0, 0.05) is 26.2 Å². The molecule has 1 saturated carbocycles. The SMILES string of the molecule is CN(C)C(=O)c1ccc(Oc2nc(-c3cnc(N)s3)nc(N3CCOC4CCCC43)n2)c(F)c1. The molecule has 1 saturated heterocycles. The topological polar surface area (TPSA) is 120 Å². The van der Waals surface area contributed by atoms with Gasteiger partial charge < -0.3 is 25.0 Å². The van der Waals surface area contributed by atoms with Gasteiger partial charge in [-0.25, -0.2) is 9.37 Å². The van der Waals surface area contributed by atoms with Gasteiger partial charge in [0.15, 0.2) is 22.5 Å². The summed E-state index contributed by atoms with van der Waals surface area (Å²) >= 11 is 1.24. The van der Waals surface area contributed by atoms with Crippen molar-refractivity contribution in [1.29, 1.82) is 0 Å². The summed E-state index contributed by atoms with van der Waals surface area (Å²) in [5, 5.41) is 0.383. The second kappa shape index (κ2) is 9.11. The fourth-order valence-corrected chi connectivity index (χ4v) is 4.89. The van der Waals surface area contributed by atoms with E-state index in [1.807, 2.05) is 0 Å². The molecule has 1 aliphatic heterocycles. The van der Waals surface area contributed by atoms with E-state index in [4.69, 9.17) is 15.2 Å². The Morgan fingerprint density at radius 3 is 2.88 bits per heavy atom. The number of anilines is 2. The standard InChI is InChI=1S/C22H24FN7O3S/c1-29(2)19(31)12-6-7-15(13(23)10-12)33-22-27-18(17-11-25-20(24)34-17)26-21(28-22)30-8-9-32-16-5-3-4-14(16)30/h6-7,10-11,14,16H,3-5,8-9H2,1-2H3,(H2,24,25). The molecular weight excluding hydrogens is 461 g/mol. The lowest BCUT2D eigenvalue weighted by molar-refractivity contribution is 0.0249. The first-order chi connectivity index (χ1) is 16.4. The average Bonchev–Trinajstić information content (AvgIpc) is 3.48. The summed E-state index contributed by atoms with van der Waals surface area (Å²) in [6.45, 7) is 1.20. The molecule has 1 amide bonds. The molecule has 34 heavy (non-hydrogen) atoms. The number of halogens is 1. The first-order valence-electron chi connectivity index (χ1n) is 10.9.